The van der Waals surface area contributed by atoms with Gasteiger partial charge in [0.05, 0.1) is 24.9 Å². The highest BCUT2D eigenvalue weighted by Gasteiger charge is 2.11. The molecule has 8 nitrogen and oxygen atoms in total. The second-order valence-electron chi connectivity index (χ2n) is 5.14. The highest BCUT2D eigenvalue weighted by Crippen LogP contribution is 2.36. The van der Waals surface area contributed by atoms with Gasteiger partial charge in [0.2, 0.25) is 0 Å². The van der Waals surface area contributed by atoms with Crippen molar-refractivity contribution in [3.05, 3.63) is 46.4 Å². The fourth-order valence-corrected chi connectivity index (χ4v) is 2.69. The van der Waals surface area contributed by atoms with Crippen LogP contribution in [0.25, 0.3) is 0 Å². The Kier molecular flexibility index (Phi) is 7.75. The number of carbonyl (C=O) groups is 1. The minimum atomic E-state index is -0.742. The number of carbonyl (C=O) groups excluding carboxylic acids is 1. The molecule has 9 heteroatoms. The van der Waals surface area contributed by atoms with Gasteiger partial charge in [0.1, 0.15) is 24.7 Å². The van der Waals surface area contributed by atoms with E-state index in [0.717, 1.165) is 5.75 Å². The lowest BCUT2D eigenvalue weighted by Crippen LogP contribution is -2.24. The molecule has 0 saturated heterocycles. The summed E-state index contributed by atoms with van der Waals surface area (Å²) in [5.74, 6) is 2.46. The molecule has 0 radical (unpaired) electrons. The van der Waals surface area contributed by atoms with E-state index in [9.17, 15) is 4.79 Å². The number of ether oxygens (including phenoxy) is 4. The molecule has 144 valence electrons. The quantitative estimate of drug-likeness (QED) is 0.356. The fourth-order valence-electron chi connectivity index (χ4n) is 2.12. The summed E-state index contributed by atoms with van der Waals surface area (Å²) in [7, 11) is 3.13. The van der Waals surface area contributed by atoms with Crippen LogP contribution >= 0.6 is 15.9 Å². The number of rotatable bonds is 9. The number of halogens is 1. The van der Waals surface area contributed by atoms with Crippen molar-refractivity contribution in [1.82, 2.24) is 5.43 Å². The molecule has 0 aliphatic rings. The third-order valence-electron chi connectivity index (χ3n) is 3.28. The molecule has 0 aliphatic carbocycles. The SMILES string of the molecule is COc1cccc(OCCOc2c(Br)cc(C=NNC(N)=O)cc2OC)c1. The van der Waals surface area contributed by atoms with Gasteiger partial charge in [-0.2, -0.15) is 5.10 Å². The number of methoxy groups -OCH3 is 2. The van der Waals surface area contributed by atoms with Crippen LogP contribution in [0.5, 0.6) is 23.0 Å². The van der Waals surface area contributed by atoms with Gasteiger partial charge in [-0.05, 0) is 45.8 Å². The number of amides is 2. The van der Waals surface area contributed by atoms with Crippen molar-refractivity contribution >= 4 is 28.2 Å². The van der Waals surface area contributed by atoms with Crippen LogP contribution in [0, 0.1) is 0 Å². The maximum Gasteiger partial charge on any atom is 0.332 e. The average Bonchev–Trinajstić information content (AvgIpc) is 2.66. The third-order valence-corrected chi connectivity index (χ3v) is 3.87. The van der Waals surface area contributed by atoms with Crippen molar-refractivity contribution in [3.8, 4) is 23.0 Å². The van der Waals surface area contributed by atoms with Crippen molar-refractivity contribution in [2.75, 3.05) is 27.4 Å². The van der Waals surface area contributed by atoms with Crippen LogP contribution in [-0.4, -0.2) is 39.7 Å². The minimum absolute atomic E-state index is 0.308. The Labute approximate surface area is 165 Å². The number of urea groups is 1. The maximum absolute atomic E-state index is 10.6. The van der Waals surface area contributed by atoms with E-state index < -0.39 is 6.03 Å². The Morgan fingerprint density at radius 1 is 1.15 bits per heavy atom. The Bertz CT molecular complexity index is 814. The van der Waals surface area contributed by atoms with E-state index in [0.29, 0.717) is 40.5 Å². The van der Waals surface area contributed by atoms with Gasteiger partial charge >= 0.3 is 6.03 Å². The molecule has 0 unspecified atom stereocenters. The summed E-state index contributed by atoms with van der Waals surface area (Å²) >= 11 is 3.44. The largest absolute Gasteiger partial charge is 0.497 e. The molecule has 0 heterocycles. The van der Waals surface area contributed by atoms with Crippen LogP contribution in [-0.2, 0) is 0 Å². The molecule has 2 aromatic rings. The molecule has 2 rings (SSSR count). The average molecular weight is 438 g/mol. The summed E-state index contributed by atoms with van der Waals surface area (Å²) in [6.07, 6.45) is 1.44. The molecule has 0 bridgehead atoms. The number of nitrogens with one attached hydrogen (secondary N) is 1. The first-order valence-corrected chi connectivity index (χ1v) is 8.68. The number of hydrogen-bond acceptors (Lipinski definition) is 6. The summed E-state index contributed by atoms with van der Waals surface area (Å²) in [6.45, 7) is 0.650. The van der Waals surface area contributed by atoms with E-state index in [-0.39, 0.29) is 0 Å². The standard InChI is InChI=1S/C18H20BrN3O5/c1-24-13-4-3-5-14(10-13)26-6-7-27-17-15(19)8-12(9-16(17)25-2)11-21-22-18(20)23/h3-5,8-11H,6-7H2,1-2H3,(H3,20,22,23). The molecular formula is C18H20BrN3O5. The van der Waals surface area contributed by atoms with Crippen molar-refractivity contribution in [2.45, 2.75) is 0 Å². The zero-order chi connectivity index (χ0) is 19.6. The normalized spacial score (nSPS) is 10.5. The maximum atomic E-state index is 10.6. The Morgan fingerprint density at radius 3 is 2.59 bits per heavy atom. The molecule has 0 fully saturated rings. The number of benzene rings is 2. The van der Waals surface area contributed by atoms with Gasteiger partial charge in [0.25, 0.3) is 0 Å². The summed E-state index contributed by atoms with van der Waals surface area (Å²) < 4.78 is 22.6. The first-order chi connectivity index (χ1) is 13.0. The summed E-state index contributed by atoms with van der Waals surface area (Å²) in [6, 6.07) is 10.1. The van der Waals surface area contributed by atoms with Crippen LogP contribution in [0.1, 0.15) is 5.56 Å². The van der Waals surface area contributed by atoms with Crippen LogP contribution in [0.3, 0.4) is 0 Å². The van der Waals surface area contributed by atoms with Crippen LogP contribution in [0.4, 0.5) is 4.79 Å². The van der Waals surface area contributed by atoms with E-state index in [1.54, 1.807) is 25.3 Å². The second kappa shape index (κ2) is 10.3. The van der Waals surface area contributed by atoms with Crippen molar-refractivity contribution in [1.29, 1.82) is 0 Å². The Morgan fingerprint density at radius 2 is 1.89 bits per heavy atom. The van der Waals surface area contributed by atoms with Gasteiger partial charge in [-0.15, -0.1) is 0 Å². The van der Waals surface area contributed by atoms with Crippen LogP contribution < -0.4 is 30.1 Å². The number of primary amides is 1. The van der Waals surface area contributed by atoms with Gasteiger partial charge < -0.3 is 24.7 Å². The topological polar surface area (TPSA) is 104 Å². The smallest absolute Gasteiger partial charge is 0.332 e. The minimum Gasteiger partial charge on any atom is -0.497 e. The molecule has 0 spiro atoms. The number of hydrazone groups is 1. The lowest BCUT2D eigenvalue weighted by molar-refractivity contribution is 0.210. The fraction of sp³-hybridized carbons (Fsp3) is 0.222. The highest BCUT2D eigenvalue weighted by molar-refractivity contribution is 9.10. The first kappa shape index (κ1) is 20.4. The predicted molar refractivity (Wildman–Crippen MR) is 105 cm³/mol. The molecule has 0 aromatic heterocycles. The number of hydrogen-bond donors (Lipinski definition) is 2. The van der Waals surface area contributed by atoms with Crippen molar-refractivity contribution in [2.24, 2.45) is 10.8 Å². The van der Waals surface area contributed by atoms with Crippen LogP contribution in [0.2, 0.25) is 0 Å². The second-order valence-corrected chi connectivity index (χ2v) is 6.00. The van der Waals surface area contributed by atoms with Crippen LogP contribution in [0.15, 0.2) is 46.0 Å². The summed E-state index contributed by atoms with van der Waals surface area (Å²) in [5, 5.41) is 3.71. The molecular weight excluding hydrogens is 418 g/mol. The lowest BCUT2D eigenvalue weighted by atomic mass is 10.2. The number of nitrogens with zero attached hydrogens (tertiary/aromatic N) is 1. The summed E-state index contributed by atoms with van der Waals surface area (Å²) in [5.41, 5.74) is 7.77. The zero-order valence-corrected chi connectivity index (χ0v) is 16.5. The van der Waals surface area contributed by atoms with Gasteiger partial charge in [-0.3, -0.25) is 0 Å². The summed E-state index contributed by atoms with van der Waals surface area (Å²) in [4.78, 5) is 10.6. The Balaban J connectivity index is 1.96. The number of nitrogens with two attached hydrogens (primary N) is 1. The van der Waals surface area contributed by atoms with E-state index >= 15 is 0 Å². The van der Waals surface area contributed by atoms with Gasteiger partial charge in [-0.25, -0.2) is 10.2 Å². The first-order valence-electron chi connectivity index (χ1n) is 7.89. The molecule has 27 heavy (non-hydrogen) atoms. The zero-order valence-electron chi connectivity index (χ0n) is 14.9. The molecule has 2 aromatic carbocycles. The van der Waals surface area contributed by atoms with E-state index in [1.807, 2.05) is 18.2 Å². The van der Waals surface area contributed by atoms with E-state index in [1.165, 1.54) is 13.3 Å². The molecule has 0 atom stereocenters. The predicted octanol–water partition coefficient (Wildman–Crippen LogP) is 2.93. The Hall–Kier alpha value is -2.94. The molecule has 0 saturated carbocycles. The van der Waals surface area contributed by atoms with Gasteiger partial charge in [0.15, 0.2) is 11.5 Å². The van der Waals surface area contributed by atoms with E-state index in [2.05, 4.69) is 26.5 Å². The third kappa shape index (κ3) is 6.37. The van der Waals surface area contributed by atoms with Crippen molar-refractivity contribution in [3.63, 3.8) is 0 Å². The molecule has 3 N–H and O–H groups in total. The van der Waals surface area contributed by atoms with E-state index in [4.69, 9.17) is 24.7 Å². The van der Waals surface area contributed by atoms with Gasteiger partial charge in [0, 0.05) is 6.07 Å². The van der Waals surface area contributed by atoms with Crippen molar-refractivity contribution < 1.29 is 23.7 Å². The molecule has 2 amide bonds. The highest BCUT2D eigenvalue weighted by atomic mass is 79.9. The monoisotopic (exact) mass is 437 g/mol. The van der Waals surface area contributed by atoms with Gasteiger partial charge in [-0.1, -0.05) is 6.07 Å². The lowest BCUT2D eigenvalue weighted by Gasteiger charge is -2.14. The molecule has 0 aliphatic heterocycles.